The zero-order valence-corrected chi connectivity index (χ0v) is 12.3. The van der Waals surface area contributed by atoms with Crippen molar-refractivity contribution in [1.82, 2.24) is 0 Å². The minimum atomic E-state index is -0.752. The first kappa shape index (κ1) is 14.5. The monoisotopic (exact) mass is 318 g/mol. The van der Waals surface area contributed by atoms with Gasteiger partial charge in [0.05, 0.1) is 5.92 Å². The highest BCUT2D eigenvalue weighted by Crippen LogP contribution is 2.26. The van der Waals surface area contributed by atoms with E-state index in [0.29, 0.717) is 23.8 Å². The lowest BCUT2D eigenvalue weighted by molar-refractivity contribution is -0.142. The molecule has 0 amide bonds. The lowest BCUT2D eigenvalue weighted by Crippen LogP contribution is -2.18. The van der Waals surface area contributed by atoms with Crippen LogP contribution >= 0.6 is 27.5 Å². The largest absolute Gasteiger partial charge is 0.481 e. The van der Waals surface area contributed by atoms with Gasteiger partial charge >= 0.3 is 5.97 Å². The van der Waals surface area contributed by atoms with Crippen molar-refractivity contribution in [2.24, 2.45) is 11.8 Å². The van der Waals surface area contributed by atoms with Gasteiger partial charge < -0.3 is 5.11 Å². The van der Waals surface area contributed by atoms with Crippen LogP contribution in [0.25, 0.3) is 0 Å². The average molecular weight is 320 g/mol. The Labute approximate surface area is 115 Å². The zero-order valence-electron chi connectivity index (χ0n) is 9.91. The van der Waals surface area contributed by atoms with Crippen molar-refractivity contribution in [3.63, 3.8) is 0 Å². The highest BCUT2D eigenvalue weighted by atomic mass is 79.9. The fourth-order valence-electron chi connectivity index (χ4n) is 1.79. The summed E-state index contributed by atoms with van der Waals surface area (Å²) in [5.74, 6) is -0.753. The molecule has 1 atom stereocenters. The standard InChI is InChI=1S/C13H16BrClO2/c1-8(2)5-10(13(16)17)6-9-3-4-11(14)7-12(9)15/h3-4,7-8,10H,5-6H2,1-2H3,(H,16,17). The maximum Gasteiger partial charge on any atom is 0.306 e. The van der Waals surface area contributed by atoms with E-state index in [1.807, 2.05) is 26.0 Å². The molecule has 94 valence electrons. The molecule has 2 nitrogen and oxygen atoms in total. The van der Waals surface area contributed by atoms with Gasteiger partial charge in [-0.2, -0.15) is 0 Å². The number of hydrogen-bond acceptors (Lipinski definition) is 1. The number of carbonyl (C=O) groups is 1. The second-order valence-corrected chi connectivity index (χ2v) is 5.93. The molecule has 0 aliphatic rings. The summed E-state index contributed by atoms with van der Waals surface area (Å²) in [4.78, 5) is 11.2. The molecule has 0 saturated heterocycles. The topological polar surface area (TPSA) is 37.3 Å². The molecule has 0 spiro atoms. The Morgan fingerprint density at radius 2 is 2.12 bits per heavy atom. The van der Waals surface area contributed by atoms with Gasteiger partial charge in [0.15, 0.2) is 0 Å². The molecule has 0 saturated carbocycles. The average Bonchev–Trinajstić information content (AvgIpc) is 2.19. The van der Waals surface area contributed by atoms with Crippen LogP contribution < -0.4 is 0 Å². The van der Waals surface area contributed by atoms with Crippen molar-refractivity contribution in [2.45, 2.75) is 26.7 Å². The molecular formula is C13H16BrClO2. The van der Waals surface area contributed by atoms with Crippen LogP contribution in [-0.4, -0.2) is 11.1 Å². The summed E-state index contributed by atoms with van der Waals surface area (Å²) in [6.45, 7) is 4.05. The molecule has 0 aliphatic heterocycles. The predicted molar refractivity (Wildman–Crippen MR) is 73.4 cm³/mol. The molecule has 1 unspecified atom stereocenters. The molecule has 1 rings (SSSR count). The Balaban J connectivity index is 2.82. The highest BCUT2D eigenvalue weighted by molar-refractivity contribution is 9.10. The smallest absolute Gasteiger partial charge is 0.306 e. The SMILES string of the molecule is CC(C)CC(Cc1ccc(Br)cc1Cl)C(=O)O. The van der Waals surface area contributed by atoms with E-state index in [-0.39, 0.29) is 5.92 Å². The molecule has 0 fully saturated rings. The number of carboxylic acid groups (broad SMARTS) is 1. The number of halogens is 2. The van der Waals surface area contributed by atoms with E-state index in [4.69, 9.17) is 11.6 Å². The first-order chi connectivity index (χ1) is 7.90. The normalized spacial score (nSPS) is 12.8. The van der Waals surface area contributed by atoms with E-state index < -0.39 is 5.97 Å². The molecule has 1 aromatic carbocycles. The Bertz CT molecular complexity index is 404. The van der Waals surface area contributed by atoms with Gasteiger partial charge in [-0.15, -0.1) is 0 Å². The molecule has 0 aliphatic carbocycles. The van der Waals surface area contributed by atoms with Crippen LogP contribution in [0.15, 0.2) is 22.7 Å². The number of hydrogen-bond donors (Lipinski definition) is 1. The molecule has 0 bridgehead atoms. The number of rotatable bonds is 5. The molecule has 17 heavy (non-hydrogen) atoms. The van der Waals surface area contributed by atoms with E-state index in [1.165, 1.54) is 0 Å². The van der Waals surface area contributed by atoms with Crippen LogP contribution in [0.1, 0.15) is 25.8 Å². The lowest BCUT2D eigenvalue weighted by atomic mass is 9.91. The van der Waals surface area contributed by atoms with E-state index in [1.54, 1.807) is 6.07 Å². The van der Waals surface area contributed by atoms with Gasteiger partial charge in [-0.1, -0.05) is 47.4 Å². The first-order valence-electron chi connectivity index (χ1n) is 5.57. The maximum absolute atomic E-state index is 11.2. The second kappa shape index (κ2) is 6.41. The summed E-state index contributed by atoms with van der Waals surface area (Å²) < 4.78 is 0.905. The van der Waals surface area contributed by atoms with Gasteiger partial charge in [0.1, 0.15) is 0 Å². The van der Waals surface area contributed by atoms with Crippen molar-refractivity contribution in [3.8, 4) is 0 Å². The molecular weight excluding hydrogens is 303 g/mol. The fraction of sp³-hybridized carbons (Fsp3) is 0.462. The van der Waals surface area contributed by atoms with Crippen molar-refractivity contribution < 1.29 is 9.90 Å². The third-order valence-electron chi connectivity index (χ3n) is 2.59. The summed E-state index contributed by atoms with van der Waals surface area (Å²) in [6, 6.07) is 5.56. The van der Waals surface area contributed by atoms with E-state index in [9.17, 15) is 9.90 Å². The minimum Gasteiger partial charge on any atom is -0.481 e. The van der Waals surface area contributed by atoms with Crippen LogP contribution in [0.2, 0.25) is 5.02 Å². The molecule has 1 N–H and O–H groups in total. The Hall–Kier alpha value is -0.540. The van der Waals surface area contributed by atoms with Crippen molar-refractivity contribution >= 4 is 33.5 Å². The van der Waals surface area contributed by atoms with Crippen LogP contribution in [0.3, 0.4) is 0 Å². The molecule has 0 aromatic heterocycles. The van der Waals surface area contributed by atoms with Gasteiger partial charge in [0.25, 0.3) is 0 Å². The molecule has 1 aromatic rings. The van der Waals surface area contributed by atoms with Crippen molar-refractivity contribution in [3.05, 3.63) is 33.3 Å². The van der Waals surface area contributed by atoms with Gasteiger partial charge in [-0.25, -0.2) is 0 Å². The molecule has 0 radical (unpaired) electrons. The third-order valence-corrected chi connectivity index (χ3v) is 3.43. The van der Waals surface area contributed by atoms with Crippen molar-refractivity contribution in [2.75, 3.05) is 0 Å². The van der Waals surface area contributed by atoms with E-state index >= 15 is 0 Å². The Morgan fingerprint density at radius 1 is 1.47 bits per heavy atom. The molecule has 4 heteroatoms. The van der Waals surface area contributed by atoms with Crippen LogP contribution in [0.5, 0.6) is 0 Å². The summed E-state index contributed by atoms with van der Waals surface area (Å²) in [5, 5.41) is 9.80. The van der Waals surface area contributed by atoms with Crippen LogP contribution in [0.4, 0.5) is 0 Å². The quantitative estimate of drug-likeness (QED) is 0.874. The number of benzene rings is 1. The van der Waals surface area contributed by atoms with Crippen LogP contribution in [0, 0.1) is 11.8 Å². The summed E-state index contributed by atoms with van der Waals surface area (Å²) in [7, 11) is 0. The first-order valence-corrected chi connectivity index (χ1v) is 6.74. The second-order valence-electron chi connectivity index (χ2n) is 4.60. The minimum absolute atomic E-state index is 0.366. The lowest BCUT2D eigenvalue weighted by Gasteiger charge is -2.15. The van der Waals surface area contributed by atoms with Gasteiger partial charge in [0, 0.05) is 9.50 Å². The van der Waals surface area contributed by atoms with E-state index in [2.05, 4.69) is 15.9 Å². The van der Waals surface area contributed by atoms with Gasteiger partial charge in [-0.3, -0.25) is 4.79 Å². The zero-order chi connectivity index (χ0) is 13.0. The predicted octanol–water partition coefficient (Wildman–Crippen LogP) is 4.39. The number of aliphatic carboxylic acids is 1. The Morgan fingerprint density at radius 3 is 2.59 bits per heavy atom. The fourth-order valence-corrected chi connectivity index (χ4v) is 2.54. The van der Waals surface area contributed by atoms with E-state index in [0.717, 1.165) is 10.0 Å². The van der Waals surface area contributed by atoms with Crippen LogP contribution in [-0.2, 0) is 11.2 Å². The third kappa shape index (κ3) is 4.68. The number of carboxylic acids is 1. The highest BCUT2D eigenvalue weighted by Gasteiger charge is 2.20. The van der Waals surface area contributed by atoms with Crippen molar-refractivity contribution in [1.29, 1.82) is 0 Å². The summed E-state index contributed by atoms with van der Waals surface area (Å²) >= 11 is 9.42. The van der Waals surface area contributed by atoms with Gasteiger partial charge in [0.2, 0.25) is 0 Å². The summed E-state index contributed by atoms with van der Waals surface area (Å²) in [6.07, 6.45) is 1.15. The van der Waals surface area contributed by atoms with Gasteiger partial charge in [-0.05, 0) is 36.5 Å². The molecule has 0 heterocycles. The Kier molecular flexibility index (Phi) is 5.47. The summed E-state index contributed by atoms with van der Waals surface area (Å²) in [5.41, 5.74) is 0.892. The maximum atomic E-state index is 11.2.